The van der Waals surface area contributed by atoms with Gasteiger partial charge in [0.05, 0.1) is 32.3 Å². The standard InChI is InChI=1S/C15H19N5O3/c1-20(2)14-16-8-11(9-17-14)19-15(21)18-10-5-6-12(22-3)13(7-10)23-4/h5-9H,1-4H3,(H2,18,19,21). The van der Waals surface area contributed by atoms with Crippen molar-refractivity contribution in [1.82, 2.24) is 9.97 Å². The first-order valence-electron chi connectivity index (χ1n) is 6.83. The second-order valence-corrected chi connectivity index (χ2v) is 4.82. The molecule has 1 heterocycles. The number of carbonyl (C=O) groups is 1. The number of ether oxygens (including phenoxy) is 2. The van der Waals surface area contributed by atoms with Crippen LogP contribution in [0.5, 0.6) is 11.5 Å². The van der Waals surface area contributed by atoms with Crippen LogP contribution in [0.3, 0.4) is 0 Å². The number of urea groups is 1. The Morgan fingerprint density at radius 2 is 1.61 bits per heavy atom. The van der Waals surface area contributed by atoms with E-state index in [1.54, 1.807) is 30.2 Å². The molecule has 0 atom stereocenters. The Bertz CT molecular complexity index is 673. The van der Waals surface area contributed by atoms with Crippen LogP contribution in [0.25, 0.3) is 0 Å². The van der Waals surface area contributed by atoms with Gasteiger partial charge in [0, 0.05) is 25.8 Å². The Hall–Kier alpha value is -3.03. The maximum absolute atomic E-state index is 12.0. The van der Waals surface area contributed by atoms with Crippen molar-refractivity contribution in [1.29, 1.82) is 0 Å². The highest BCUT2D eigenvalue weighted by molar-refractivity contribution is 5.99. The zero-order valence-corrected chi connectivity index (χ0v) is 13.5. The molecule has 0 aliphatic heterocycles. The summed E-state index contributed by atoms with van der Waals surface area (Å²) in [6.07, 6.45) is 3.08. The van der Waals surface area contributed by atoms with E-state index >= 15 is 0 Å². The van der Waals surface area contributed by atoms with E-state index < -0.39 is 6.03 Å². The fourth-order valence-electron chi connectivity index (χ4n) is 1.82. The SMILES string of the molecule is COc1ccc(NC(=O)Nc2cnc(N(C)C)nc2)cc1OC. The molecule has 0 spiro atoms. The molecule has 2 amide bonds. The first-order chi connectivity index (χ1) is 11.0. The van der Waals surface area contributed by atoms with Crippen LogP contribution in [0, 0.1) is 0 Å². The van der Waals surface area contributed by atoms with Crippen LogP contribution in [0.4, 0.5) is 22.1 Å². The first-order valence-corrected chi connectivity index (χ1v) is 6.83. The molecule has 23 heavy (non-hydrogen) atoms. The van der Waals surface area contributed by atoms with Crippen molar-refractivity contribution in [3.63, 3.8) is 0 Å². The number of carbonyl (C=O) groups excluding carboxylic acids is 1. The van der Waals surface area contributed by atoms with Gasteiger partial charge >= 0.3 is 6.03 Å². The van der Waals surface area contributed by atoms with E-state index in [1.807, 2.05) is 14.1 Å². The summed E-state index contributed by atoms with van der Waals surface area (Å²) in [5, 5.41) is 5.36. The summed E-state index contributed by atoms with van der Waals surface area (Å²) in [5.41, 5.74) is 1.07. The summed E-state index contributed by atoms with van der Waals surface area (Å²) in [5.74, 6) is 1.69. The zero-order chi connectivity index (χ0) is 16.8. The Morgan fingerprint density at radius 1 is 1.00 bits per heavy atom. The third-order valence-corrected chi connectivity index (χ3v) is 2.94. The number of aromatic nitrogens is 2. The largest absolute Gasteiger partial charge is 0.493 e. The van der Waals surface area contributed by atoms with Gasteiger partial charge in [-0.25, -0.2) is 14.8 Å². The summed E-state index contributed by atoms with van der Waals surface area (Å²) in [6.45, 7) is 0. The van der Waals surface area contributed by atoms with Gasteiger partial charge in [-0.05, 0) is 12.1 Å². The molecule has 1 aromatic heterocycles. The number of nitrogens with zero attached hydrogens (tertiary/aromatic N) is 3. The molecule has 8 heteroatoms. The van der Waals surface area contributed by atoms with Crippen LogP contribution in [0.1, 0.15) is 0 Å². The average Bonchev–Trinajstić information content (AvgIpc) is 2.55. The second-order valence-electron chi connectivity index (χ2n) is 4.82. The van der Waals surface area contributed by atoms with Gasteiger partial charge < -0.3 is 25.0 Å². The Kier molecular flexibility index (Phi) is 5.19. The lowest BCUT2D eigenvalue weighted by Gasteiger charge is -2.12. The molecule has 122 valence electrons. The summed E-state index contributed by atoms with van der Waals surface area (Å²) < 4.78 is 10.3. The van der Waals surface area contributed by atoms with Crippen molar-refractivity contribution in [2.75, 3.05) is 43.8 Å². The topological polar surface area (TPSA) is 88.6 Å². The molecule has 2 aromatic rings. The normalized spacial score (nSPS) is 9.91. The highest BCUT2D eigenvalue weighted by Gasteiger charge is 2.08. The van der Waals surface area contributed by atoms with Crippen LogP contribution in [-0.2, 0) is 0 Å². The second kappa shape index (κ2) is 7.30. The number of hydrogen-bond donors (Lipinski definition) is 2. The fourth-order valence-corrected chi connectivity index (χ4v) is 1.82. The van der Waals surface area contributed by atoms with Crippen molar-refractivity contribution in [3.05, 3.63) is 30.6 Å². The highest BCUT2D eigenvalue weighted by Crippen LogP contribution is 2.29. The lowest BCUT2D eigenvalue weighted by Crippen LogP contribution is -2.20. The van der Waals surface area contributed by atoms with E-state index in [0.717, 1.165) is 0 Å². The highest BCUT2D eigenvalue weighted by atomic mass is 16.5. The van der Waals surface area contributed by atoms with E-state index in [2.05, 4.69) is 20.6 Å². The third kappa shape index (κ3) is 4.22. The number of hydrogen-bond acceptors (Lipinski definition) is 6. The molecular formula is C15H19N5O3. The van der Waals surface area contributed by atoms with Crippen LogP contribution in [0.15, 0.2) is 30.6 Å². The number of methoxy groups -OCH3 is 2. The van der Waals surface area contributed by atoms with Gasteiger partial charge in [-0.3, -0.25) is 0 Å². The van der Waals surface area contributed by atoms with Crippen LogP contribution >= 0.6 is 0 Å². The quantitative estimate of drug-likeness (QED) is 0.879. The maximum atomic E-state index is 12.0. The Labute approximate surface area is 134 Å². The lowest BCUT2D eigenvalue weighted by atomic mass is 10.3. The molecule has 0 fully saturated rings. The lowest BCUT2D eigenvalue weighted by molar-refractivity contribution is 0.262. The van der Waals surface area contributed by atoms with Gasteiger partial charge in [0.15, 0.2) is 11.5 Å². The van der Waals surface area contributed by atoms with Crippen LogP contribution in [-0.4, -0.2) is 44.3 Å². The van der Waals surface area contributed by atoms with E-state index in [1.165, 1.54) is 19.5 Å². The number of rotatable bonds is 5. The van der Waals surface area contributed by atoms with Gasteiger partial charge in [0.2, 0.25) is 5.95 Å². The van der Waals surface area contributed by atoms with Crippen molar-refractivity contribution >= 4 is 23.4 Å². The molecular weight excluding hydrogens is 298 g/mol. The van der Waals surface area contributed by atoms with Crippen molar-refractivity contribution in [2.24, 2.45) is 0 Å². The number of anilines is 3. The first kappa shape index (κ1) is 16.3. The van der Waals surface area contributed by atoms with Crippen molar-refractivity contribution in [2.45, 2.75) is 0 Å². The summed E-state index contributed by atoms with van der Waals surface area (Å²) in [4.78, 5) is 22.0. The van der Waals surface area contributed by atoms with Gasteiger partial charge in [0.1, 0.15) is 0 Å². The Morgan fingerprint density at radius 3 is 2.17 bits per heavy atom. The third-order valence-electron chi connectivity index (χ3n) is 2.94. The fraction of sp³-hybridized carbons (Fsp3) is 0.267. The van der Waals surface area contributed by atoms with Gasteiger partial charge in [-0.2, -0.15) is 0 Å². The zero-order valence-electron chi connectivity index (χ0n) is 13.5. The molecule has 0 unspecified atom stereocenters. The van der Waals surface area contributed by atoms with E-state index in [4.69, 9.17) is 9.47 Å². The molecule has 2 N–H and O–H groups in total. The molecule has 0 aliphatic rings. The monoisotopic (exact) mass is 317 g/mol. The molecule has 0 saturated heterocycles. The summed E-state index contributed by atoms with van der Waals surface area (Å²) in [6, 6.07) is 4.69. The molecule has 0 saturated carbocycles. The summed E-state index contributed by atoms with van der Waals surface area (Å²) in [7, 11) is 6.76. The van der Waals surface area contributed by atoms with Crippen LogP contribution < -0.4 is 25.0 Å². The van der Waals surface area contributed by atoms with E-state index in [-0.39, 0.29) is 0 Å². The molecule has 0 aliphatic carbocycles. The molecule has 0 radical (unpaired) electrons. The molecule has 1 aromatic carbocycles. The predicted octanol–water partition coefficient (Wildman–Crippen LogP) is 2.20. The molecule has 2 rings (SSSR count). The Balaban J connectivity index is 2.01. The minimum Gasteiger partial charge on any atom is -0.493 e. The molecule has 8 nitrogen and oxygen atoms in total. The van der Waals surface area contributed by atoms with Crippen LogP contribution in [0.2, 0.25) is 0 Å². The van der Waals surface area contributed by atoms with Gasteiger partial charge in [-0.15, -0.1) is 0 Å². The van der Waals surface area contributed by atoms with Gasteiger partial charge in [-0.1, -0.05) is 0 Å². The maximum Gasteiger partial charge on any atom is 0.323 e. The van der Waals surface area contributed by atoms with Crippen molar-refractivity contribution in [3.8, 4) is 11.5 Å². The molecule has 0 bridgehead atoms. The number of benzene rings is 1. The van der Waals surface area contributed by atoms with Gasteiger partial charge in [0.25, 0.3) is 0 Å². The minimum atomic E-state index is -0.404. The average molecular weight is 317 g/mol. The predicted molar refractivity (Wildman–Crippen MR) is 88.5 cm³/mol. The number of nitrogens with one attached hydrogen (secondary N) is 2. The van der Waals surface area contributed by atoms with Crippen molar-refractivity contribution < 1.29 is 14.3 Å². The summed E-state index contributed by atoms with van der Waals surface area (Å²) >= 11 is 0. The smallest absolute Gasteiger partial charge is 0.323 e. The number of amides is 2. The minimum absolute atomic E-state index is 0.404. The van der Waals surface area contributed by atoms with E-state index in [0.29, 0.717) is 28.8 Å². The van der Waals surface area contributed by atoms with E-state index in [9.17, 15) is 4.79 Å².